The first-order valence-corrected chi connectivity index (χ1v) is 34.9. The molecule has 2 heterocycles. The first-order valence-electron chi connectivity index (χ1n) is 34.9. The Morgan fingerprint density at radius 3 is 1.03 bits per heavy atom. The number of ether oxygens (including phenoxy) is 3. The van der Waals surface area contributed by atoms with Crippen LogP contribution in [0.2, 0.25) is 0 Å². The molecule has 556 valence electrons. The Morgan fingerprint density at radius 2 is 0.721 bits per heavy atom. The Bertz CT molecular complexity index is 3640. The van der Waals surface area contributed by atoms with Crippen LogP contribution in [0, 0.1) is 23.7 Å². The maximum Gasteiger partial charge on any atom is 1.00 e. The fourth-order valence-corrected chi connectivity index (χ4v) is 10.8. The van der Waals surface area contributed by atoms with Crippen LogP contribution in [-0.4, -0.2) is 132 Å². The van der Waals surface area contributed by atoms with Crippen molar-refractivity contribution in [2.45, 2.75) is 201 Å². The molecule has 8 atom stereocenters. The molecule has 26 heteroatoms. The van der Waals surface area contributed by atoms with Gasteiger partial charge in [0.25, 0.3) is 0 Å². The Morgan fingerprint density at radius 1 is 0.423 bits per heavy atom. The number of benzene rings is 4. The van der Waals surface area contributed by atoms with Gasteiger partial charge in [-0.25, -0.2) is 39.1 Å². The predicted molar refractivity (Wildman–Crippen MR) is 389 cm³/mol. The number of carbonyl (C=O) groups excluding carboxylic acids is 9. The average molecular weight is 1440 g/mol. The van der Waals surface area contributed by atoms with Gasteiger partial charge in [-0.05, 0) is 120 Å². The number of ketones is 2. The Kier molecular flexibility index (Phi) is 39.1. The van der Waals surface area contributed by atoms with Gasteiger partial charge in [-0.2, -0.15) is 0 Å². The van der Waals surface area contributed by atoms with E-state index in [0.29, 0.717) is 49.7 Å². The molecule has 0 aliphatic rings. The summed E-state index contributed by atoms with van der Waals surface area (Å²) in [6.45, 7) is 19.7. The van der Waals surface area contributed by atoms with Crippen molar-refractivity contribution in [1.82, 2.24) is 41.2 Å². The SMILES string of the molecule is CCCC[C@@H](CC(=O)[C@@H](Cc1ccccc1)NC(=O)[C@H](C)Cc1ccccc1)C(=O)N[C@H](Cc1cnc(NC(=O)OC(C)(C)C)nc1)C(=O)O.CCCC[C@@H](CC(=O)[C@@H](Cc1ccccc1)NC(=O)[C@H](C)Cc1ccccc1)C(=O)N[C@H](Cc1cnc(NC(=O)OC(C)(C)C)nc1)C(=O)OCC.[Na+].[OH-]. The summed E-state index contributed by atoms with van der Waals surface area (Å²) in [6.07, 6.45) is 8.94. The fraction of sp³-hybridized carbons (Fsp3) is 0.462. The third kappa shape index (κ3) is 33.9. The number of carboxylic acid groups (broad SMARTS) is 1. The van der Waals surface area contributed by atoms with E-state index < -0.39 is 89.1 Å². The van der Waals surface area contributed by atoms with Crippen LogP contribution in [0.3, 0.4) is 0 Å². The average Bonchev–Trinajstić information content (AvgIpc) is 0.858. The molecule has 104 heavy (non-hydrogen) atoms. The Balaban J connectivity index is 0.000000530. The van der Waals surface area contributed by atoms with Crippen LogP contribution >= 0.6 is 0 Å². The molecule has 0 saturated carbocycles. The molecule has 2 aromatic heterocycles. The Labute approximate surface area is 632 Å². The number of esters is 1. The summed E-state index contributed by atoms with van der Waals surface area (Å²) >= 11 is 0. The molecule has 0 unspecified atom stereocenters. The number of aromatic nitrogens is 4. The van der Waals surface area contributed by atoms with Crippen LogP contribution in [0.5, 0.6) is 0 Å². The molecule has 0 fully saturated rings. The van der Waals surface area contributed by atoms with Gasteiger partial charge in [0.15, 0.2) is 11.6 Å². The third-order valence-corrected chi connectivity index (χ3v) is 16.1. The first-order chi connectivity index (χ1) is 48.5. The van der Waals surface area contributed by atoms with Gasteiger partial charge in [0.2, 0.25) is 35.5 Å². The van der Waals surface area contributed by atoms with Gasteiger partial charge >= 0.3 is 53.7 Å². The number of hydrogen-bond acceptors (Lipinski definition) is 18. The van der Waals surface area contributed by atoms with Crippen LogP contribution < -0.4 is 61.5 Å². The molecule has 25 nitrogen and oxygen atoms in total. The second kappa shape index (κ2) is 45.7. The minimum atomic E-state index is -1.33. The zero-order valence-electron chi connectivity index (χ0n) is 62.1. The van der Waals surface area contributed by atoms with Crippen LogP contribution in [0.1, 0.15) is 161 Å². The normalized spacial score (nSPS) is 13.3. The van der Waals surface area contributed by atoms with E-state index in [1.165, 1.54) is 24.8 Å². The van der Waals surface area contributed by atoms with E-state index in [2.05, 4.69) is 51.8 Å². The zero-order valence-corrected chi connectivity index (χ0v) is 64.1. The van der Waals surface area contributed by atoms with Crippen molar-refractivity contribution in [2.75, 3.05) is 17.2 Å². The molecule has 0 bridgehead atoms. The van der Waals surface area contributed by atoms with Crippen molar-refractivity contribution in [1.29, 1.82) is 0 Å². The number of nitrogens with one attached hydrogen (secondary N) is 6. The number of hydrogen-bond donors (Lipinski definition) is 7. The van der Waals surface area contributed by atoms with E-state index in [1.807, 2.05) is 149 Å². The maximum absolute atomic E-state index is 14.0. The largest absolute Gasteiger partial charge is 1.00 e. The summed E-state index contributed by atoms with van der Waals surface area (Å²) in [4.78, 5) is 148. The van der Waals surface area contributed by atoms with Crippen molar-refractivity contribution in [3.8, 4) is 0 Å². The molecule has 6 aromatic rings. The van der Waals surface area contributed by atoms with E-state index in [4.69, 9.17) is 14.2 Å². The molecule has 6 rings (SSSR count). The van der Waals surface area contributed by atoms with Crippen LogP contribution in [0.4, 0.5) is 21.5 Å². The van der Waals surface area contributed by atoms with E-state index >= 15 is 0 Å². The number of nitrogens with zero attached hydrogens (tertiary/aromatic N) is 4. The zero-order chi connectivity index (χ0) is 74.8. The fourth-order valence-electron chi connectivity index (χ4n) is 10.8. The van der Waals surface area contributed by atoms with Gasteiger partial charge in [0.05, 0.1) is 18.7 Å². The van der Waals surface area contributed by atoms with Gasteiger partial charge in [-0.1, -0.05) is 175 Å². The minimum Gasteiger partial charge on any atom is -0.870 e. The van der Waals surface area contributed by atoms with E-state index in [-0.39, 0.29) is 121 Å². The predicted octanol–water partition coefficient (Wildman–Crippen LogP) is 7.92. The summed E-state index contributed by atoms with van der Waals surface area (Å²) in [5, 5.41) is 26.2. The molecule has 0 aliphatic heterocycles. The van der Waals surface area contributed by atoms with Crippen molar-refractivity contribution >= 4 is 71.2 Å². The summed E-state index contributed by atoms with van der Waals surface area (Å²) in [5.74, 6) is -6.38. The number of aliphatic carboxylic acids is 1. The first kappa shape index (κ1) is 88.9. The molecule has 0 aliphatic carbocycles. The molecule has 8 N–H and O–H groups in total. The molecule has 0 saturated heterocycles. The van der Waals surface area contributed by atoms with E-state index in [1.54, 1.807) is 48.5 Å². The van der Waals surface area contributed by atoms with Gasteiger partial charge in [-0.3, -0.25) is 39.4 Å². The molecular formula is C78H103N10NaO15. The molecule has 0 spiro atoms. The number of rotatable bonds is 37. The summed E-state index contributed by atoms with van der Waals surface area (Å²) < 4.78 is 15.7. The molecular weight excluding hydrogens is 1340 g/mol. The smallest absolute Gasteiger partial charge is 0.870 e. The summed E-state index contributed by atoms with van der Waals surface area (Å²) in [7, 11) is 0. The molecule has 0 radical (unpaired) electrons. The van der Waals surface area contributed by atoms with Gasteiger partial charge < -0.3 is 46.1 Å². The number of unbranched alkanes of at least 4 members (excludes halogenated alkanes) is 2. The second-order valence-corrected chi connectivity index (χ2v) is 27.4. The van der Waals surface area contributed by atoms with Crippen molar-refractivity contribution < 1.29 is 102 Å². The third-order valence-electron chi connectivity index (χ3n) is 16.1. The molecule has 6 amide bonds. The minimum absolute atomic E-state index is 0. The number of Topliss-reactive ketones (excluding diaryl/α,β-unsaturated/α-hetero) is 2. The quantitative estimate of drug-likeness (QED) is 0.0111. The maximum atomic E-state index is 14.0. The number of carbonyl (C=O) groups is 10. The van der Waals surface area contributed by atoms with E-state index in [9.17, 15) is 53.1 Å². The van der Waals surface area contributed by atoms with E-state index in [0.717, 1.165) is 35.1 Å². The van der Waals surface area contributed by atoms with Crippen LogP contribution in [-0.2, 0) is 91.1 Å². The Hall–Kier alpha value is -9.30. The van der Waals surface area contributed by atoms with Gasteiger partial charge in [-0.15, -0.1) is 0 Å². The van der Waals surface area contributed by atoms with Crippen LogP contribution in [0.15, 0.2) is 146 Å². The van der Waals surface area contributed by atoms with Gasteiger partial charge in [0, 0.05) is 74.1 Å². The van der Waals surface area contributed by atoms with Gasteiger partial charge in [0.1, 0.15) is 23.3 Å². The topological polar surface area (TPSA) is 372 Å². The van der Waals surface area contributed by atoms with Crippen molar-refractivity contribution in [3.63, 3.8) is 0 Å². The van der Waals surface area contributed by atoms with Crippen LogP contribution in [0.25, 0.3) is 0 Å². The number of anilines is 2. The number of carboxylic acids is 1. The summed E-state index contributed by atoms with van der Waals surface area (Å²) in [6, 6.07) is 33.9. The standard InChI is InChI=1S/C40H53N5O7.C38H49N5O7.Na.H2O/c1-7-9-20-31(24-34(46)32(22-29-18-14-11-15-19-29)43-35(47)27(3)21-28-16-12-10-13-17-28)36(48)44-33(37(49)51-8-2)23-30-25-41-38(42-26-30)45-39(50)52-40(4,5)6;1-6-7-18-29(34(46)42-31(35(47)48)21-28-23-39-36(40-24-28)43-37(49)50-38(3,4)5)22-32(44)30(20-27-16-12-9-13-17-27)41-33(45)25(2)19-26-14-10-8-11-15-26;;/h10-19,25-27,31-33H,7-9,20-24H2,1-6H3,(H,43,47)(H,44,48)(H,41,42,45,50);8-17,23-25,29-31H,6-7,18-22H2,1-5H3,(H,41,45)(H,42,46)(H,47,48)(H,39,40,43,49);;1H2/q;;+1;/p-1/t27-,31+,32-,33-;25-,29+,30-,31-;;/m11../s1. The summed E-state index contributed by atoms with van der Waals surface area (Å²) in [5.41, 5.74) is 3.25. The number of amides is 6. The molecule has 4 aromatic carbocycles. The van der Waals surface area contributed by atoms with Crippen molar-refractivity contribution in [2.24, 2.45) is 23.7 Å². The monoisotopic (exact) mass is 1440 g/mol. The van der Waals surface area contributed by atoms with Crippen molar-refractivity contribution in [3.05, 3.63) is 179 Å². The second-order valence-electron chi connectivity index (χ2n) is 27.4.